The second kappa shape index (κ2) is 5.36. The Morgan fingerprint density at radius 2 is 2.35 bits per heavy atom. The van der Waals surface area contributed by atoms with E-state index >= 15 is 0 Å². The summed E-state index contributed by atoms with van der Waals surface area (Å²) in [5, 5.41) is 0. The van der Waals surface area contributed by atoms with Crippen molar-refractivity contribution in [3.05, 3.63) is 22.3 Å². The Hall–Kier alpha value is -0.610. The van der Waals surface area contributed by atoms with Gasteiger partial charge in [0, 0.05) is 25.3 Å². The minimum atomic E-state index is 0.411. The lowest BCUT2D eigenvalue weighted by Crippen LogP contribution is -2.49. The Morgan fingerprint density at radius 3 is 3.06 bits per heavy atom. The number of piperidine rings is 1. The number of aryl methyl sites for hydroxylation is 1. The molecule has 1 aromatic rings. The molecule has 0 aliphatic carbocycles. The van der Waals surface area contributed by atoms with Gasteiger partial charge in [0.1, 0.15) is 5.82 Å². The molecular formula is C13H20BrN3. The molecule has 1 fully saturated rings. The first-order chi connectivity index (χ1) is 8.15. The summed E-state index contributed by atoms with van der Waals surface area (Å²) < 4.78 is 1.10. The van der Waals surface area contributed by atoms with E-state index in [-0.39, 0.29) is 0 Å². The van der Waals surface area contributed by atoms with Crippen molar-refractivity contribution < 1.29 is 0 Å². The van der Waals surface area contributed by atoms with Crippen LogP contribution in [0.25, 0.3) is 0 Å². The van der Waals surface area contributed by atoms with E-state index in [9.17, 15) is 0 Å². The molecule has 2 rings (SSSR count). The summed E-state index contributed by atoms with van der Waals surface area (Å²) >= 11 is 3.65. The Labute approximate surface area is 112 Å². The fraction of sp³-hybridized carbons (Fsp3) is 0.615. The van der Waals surface area contributed by atoms with Crippen LogP contribution in [0.3, 0.4) is 0 Å². The molecule has 1 saturated heterocycles. The number of nitrogens with zero attached hydrogens (tertiary/aromatic N) is 2. The summed E-state index contributed by atoms with van der Waals surface area (Å²) in [6.07, 6.45) is 4.36. The molecule has 94 valence electrons. The lowest BCUT2D eigenvalue weighted by atomic mass is 9.91. The lowest BCUT2D eigenvalue weighted by Gasteiger charge is -2.40. The van der Waals surface area contributed by atoms with Crippen molar-refractivity contribution in [3.63, 3.8) is 0 Å². The predicted molar refractivity (Wildman–Crippen MR) is 75.3 cm³/mol. The highest BCUT2D eigenvalue weighted by Crippen LogP contribution is 2.33. The van der Waals surface area contributed by atoms with Gasteiger partial charge in [0.15, 0.2) is 0 Å². The zero-order valence-electron chi connectivity index (χ0n) is 10.5. The van der Waals surface area contributed by atoms with Crippen LogP contribution in [0, 0.1) is 12.8 Å². The molecule has 0 spiro atoms. The highest BCUT2D eigenvalue weighted by molar-refractivity contribution is 9.10. The number of aromatic nitrogens is 1. The summed E-state index contributed by atoms with van der Waals surface area (Å²) in [6, 6.07) is 2.44. The van der Waals surface area contributed by atoms with Gasteiger partial charge in [0.25, 0.3) is 0 Å². The average molecular weight is 298 g/mol. The van der Waals surface area contributed by atoms with Crippen LogP contribution < -0.4 is 10.6 Å². The van der Waals surface area contributed by atoms with E-state index in [2.05, 4.69) is 39.7 Å². The molecule has 0 aromatic carbocycles. The van der Waals surface area contributed by atoms with E-state index in [1.54, 1.807) is 0 Å². The van der Waals surface area contributed by atoms with Crippen LogP contribution in [-0.2, 0) is 0 Å². The van der Waals surface area contributed by atoms with E-state index in [1.807, 2.05) is 12.3 Å². The first-order valence-electron chi connectivity index (χ1n) is 6.23. The van der Waals surface area contributed by atoms with Crippen molar-refractivity contribution in [3.8, 4) is 0 Å². The van der Waals surface area contributed by atoms with E-state index in [0.717, 1.165) is 16.8 Å². The van der Waals surface area contributed by atoms with Gasteiger partial charge in [0.2, 0.25) is 0 Å². The third-order valence-corrected chi connectivity index (χ3v) is 4.67. The lowest BCUT2D eigenvalue weighted by molar-refractivity contribution is 0.347. The molecule has 0 bridgehead atoms. The molecular weight excluding hydrogens is 278 g/mol. The normalized spacial score (nSPS) is 25.1. The smallest absolute Gasteiger partial charge is 0.143 e. The molecule has 4 heteroatoms. The molecule has 1 aliphatic heterocycles. The molecule has 0 radical (unpaired) electrons. The molecule has 0 amide bonds. The minimum Gasteiger partial charge on any atom is -0.351 e. The van der Waals surface area contributed by atoms with E-state index in [0.29, 0.717) is 18.5 Å². The second-order valence-corrected chi connectivity index (χ2v) is 5.67. The summed E-state index contributed by atoms with van der Waals surface area (Å²) in [6.45, 7) is 6.14. The number of pyridine rings is 1. The van der Waals surface area contributed by atoms with Gasteiger partial charge in [-0.1, -0.05) is 6.92 Å². The summed E-state index contributed by atoms with van der Waals surface area (Å²) in [5.74, 6) is 1.69. The number of halogens is 1. The highest BCUT2D eigenvalue weighted by Gasteiger charge is 2.29. The number of anilines is 1. The van der Waals surface area contributed by atoms with Crippen LogP contribution in [0.4, 0.5) is 5.82 Å². The van der Waals surface area contributed by atoms with Gasteiger partial charge in [-0.3, -0.25) is 0 Å². The maximum absolute atomic E-state index is 5.92. The first-order valence-corrected chi connectivity index (χ1v) is 7.02. The Morgan fingerprint density at radius 1 is 1.59 bits per heavy atom. The first kappa shape index (κ1) is 12.8. The molecule has 17 heavy (non-hydrogen) atoms. The van der Waals surface area contributed by atoms with Gasteiger partial charge in [-0.25, -0.2) is 4.98 Å². The molecule has 2 N–H and O–H groups in total. The predicted octanol–water partition coefficient (Wildman–Crippen LogP) is 2.72. The SMILES string of the molecule is Cc1ccnc(N2CCCC(C)C2CN)c1Br. The van der Waals surface area contributed by atoms with Gasteiger partial charge < -0.3 is 10.6 Å². The number of nitrogens with two attached hydrogens (primary N) is 1. The maximum atomic E-state index is 5.92. The van der Waals surface area contributed by atoms with E-state index < -0.39 is 0 Å². The van der Waals surface area contributed by atoms with Crippen LogP contribution in [0.2, 0.25) is 0 Å². The summed E-state index contributed by atoms with van der Waals surface area (Å²) in [5.41, 5.74) is 7.15. The second-order valence-electron chi connectivity index (χ2n) is 4.88. The van der Waals surface area contributed by atoms with Gasteiger partial charge in [-0.15, -0.1) is 0 Å². The fourth-order valence-corrected chi connectivity index (χ4v) is 3.06. The van der Waals surface area contributed by atoms with Gasteiger partial charge in [-0.05, 0) is 53.2 Å². The van der Waals surface area contributed by atoms with E-state index in [4.69, 9.17) is 5.73 Å². The molecule has 2 unspecified atom stereocenters. The number of hydrogen-bond acceptors (Lipinski definition) is 3. The molecule has 1 aliphatic rings. The Kier molecular flexibility index (Phi) is 4.05. The summed E-state index contributed by atoms with van der Waals surface area (Å²) in [7, 11) is 0. The standard InChI is InChI=1S/C13H20BrN3/c1-9-4-3-7-17(11(9)8-15)13-12(14)10(2)5-6-16-13/h5-6,9,11H,3-4,7-8,15H2,1-2H3. The largest absolute Gasteiger partial charge is 0.351 e. The zero-order valence-corrected chi connectivity index (χ0v) is 12.1. The number of hydrogen-bond donors (Lipinski definition) is 1. The van der Waals surface area contributed by atoms with Crippen molar-refractivity contribution >= 4 is 21.7 Å². The summed E-state index contributed by atoms with van der Waals surface area (Å²) in [4.78, 5) is 6.89. The molecule has 0 saturated carbocycles. The van der Waals surface area contributed by atoms with Crippen LogP contribution >= 0.6 is 15.9 Å². The van der Waals surface area contributed by atoms with Crippen molar-refractivity contribution in [2.24, 2.45) is 11.7 Å². The van der Waals surface area contributed by atoms with Crippen LogP contribution in [0.1, 0.15) is 25.3 Å². The molecule has 2 atom stereocenters. The molecule has 3 nitrogen and oxygen atoms in total. The van der Waals surface area contributed by atoms with Crippen molar-refractivity contribution in [1.29, 1.82) is 0 Å². The highest BCUT2D eigenvalue weighted by atomic mass is 79.9. The van der Waals surface area contributed by atoms with Gasteiger partial charge >= 0.3 is 0 Å². The van der Waals surface area contributed by atoms with Gasteiger partial charge in [-0.2, -0.15) is 0 Å². The van der Waals surface area contributed by atoms with Gasteiger partial charge in [0.05, 0.1) is 4.47 Å². The molecule has 2 heterocycles. The van der Waals surface area contributed by atoms with Crippen molar-refractivity contribution in [1.82, 2.24) is 4.98 Å². The van der Waals surface area contributed by atoms with E-state index in [1.165, 1.54) is 18.4 Å². The quantitative estimate of drug-likeness (QED) is 0.913. The maximum Gasteiger partial charge on any atom is 0.143 e. The minimum absolute atomic E-state index is 0.411. The topological polar surface area (TPSA) is 42.2 Å². The fourth-order valence-electron chi connectivity index (χ4n) is 2.60. The zero-order chi connectivity index (χ0) is 12.4. The monoisotopic (exact) mass is 297 g/mol. The Balaban J connectivity index is 2.34. The van der Waals surface area contributed by atoms with Crippen LogP contribution in [0.15, 0.2) is 16.7 Å². The average Bonchev–Trinajstić information content (AvgIpc) is 2.32. The molecule has 1 aromatic heterocycles. The third kappa shape index (κ3) is 2.47. The van der Waals surface area contributed by atoms with Crippen LogP contribution in [-0.4, -0.2) is 24.1 Å². The third-order valence-electron chi connectivity index (χ3n) is 3.69. The van der Waals surface area contributed by atoms with Crippen molar-refractivity contribution in [2.45, 2.75) is 32.7 Å². The Bertz CT molecular complexity index is 394. The van der Waals surface area contributed by atoms with Crippen molar-refractivity contribution in [2.75, 3.05) is 18.0 Å². The van der Waals surface area contributed by atoms with Crippen LogP contribution in [0.5, 0.6) is 0 Å². The number of rotatable bonds is 2.